The molecule has 0 amide bonds. The van der Waals surface area contributed by atoms with Crippen LogP contribution in [-0.4, -0.2) is 50.2 Å². The van der Waals surface area contributed by atoms with Crippen LogP contribution in [0.4, 0.5) is 0 Å². The van der Waals surface area contributed by atoms with E-state index >= 15 is 0 Å². The minimum atomic E-state index is -0.450. The summed E-state index contributed by atoms with van der Waals surface area (Å²) in [6, 6.07) is 0. The molecule has 4 nitrogen and oxygen atoms in total. The summed E-state index contributed by atoms with van der Waals surface area (Å²) in [5, 5.41) is 3.29. The summed E-state index contributed by atoms with van der Waals surface area (Å²) in [6.07, 6.45) is 5.44. The number of likely N-dealkylation sites (N-methyl/N-ethyl adjacent to an activating group) is 1. The molecule has 1 aliphatic rings. The van der Waals surface area contributed by atoms with Gasteiger partial charge in [0.15, 0.2) is 0 Å². The Hall–Kier alpha value is -0.610. The highest BCUT2D eigenvalue weighted by Gasteiger charge is 2.48. The van der Waals surface area contributed by atoms with E-state index in [1.165, 1.54) is 6.42 Å². The van der Waals surface area contributed by atoms with Gasteiger partial charge in [-0.1, -0.05) is 20.3 Å². The SMILES string of the molecule is CCOC(=O)C1(NC)CCCC1CCN(C)CCC(C)C. The number of nitrogens with one attached hydrogen (secondary N) is 1. The number of esters is 1. The van der Waals surface area contributed by atoms with Gasteiger partial charge in [-0.15, -0.1) is 0 Å². The molecule has 2 unspecified atom stereocenters. The van der Waals surface area contributed by atoms with Gasteiger partial charge in [0.2, 0.25) is 0 Å². The minimum absolute atomic E-state index is 0.0557. The van der Waals surface area contributed by atoms with E-state index in [1.54, 1.807) is 0 Å². The number of hydrogen-bond acceptors (Lipinski definition) is 4. The van der Waals surface area contributed by atoms with Gasteiger partial charge in [0, 0.05) is 0 Å². The second kappa shape index (κ2) is 8.74. The molecule has 21 heavy (non-hydrogen) atoms. The van der Waals surface area contributed by atoms with Crippen LogP contribution < -0.4 is 5.32 Å². The van der Waals surface area contributed by atoms with Crippen LogP contribution in [0.5, 0.6) is 0 Å². The maximum Gasteiger partial charge on any atom is 0.326 e. The van der Waals surface area contributed by atoms with Crippen molar-refractivity contribution in [2.75, 3.05) is 33.8 Å². The van der Waals surface area contributed by atoms with Crippen molar-refractivity contribution in [3.63, 3.8) is 0 Å². The average Bonchev–Trinajstić information content (AvgIpc) is 2.87. The first-order valence-corrected chi connectivity index (χ1v) is 8.51. The number of ether oxygens (including phenoxy) is 1. The molecule has 0 bridgehead atoms. The van der Waals surface area contributed by atoms with Crippen LogP contribution in [-0.2, 0) is 9.53 Å². The Morgan fingerprint density at radius 2 is 2.14 bits per heavy atom. The Balaban J connectivity index is 2.53. The fourth-order valence-corrected chi connectivity index (χ4v) is 3.39. The van der Waals surface area contributed by atoms with E-state index in [9.17, 15) is 4.79 Å². The molecule has 0 aromatic rings. The van der Waals surface area contributed by atoms with Gasteiger partial charge in [-0.3, -0.25) is 4.79 Å². The molecule has 4 heteroatoms. The molecule has 2 atom stereocenters. The molecule has 0 radical (unpaired) electrons. The lowest BCUT2D eigenvalue weighted by atomic mass is 9.84. The van der Waals surface area contributed by atoms with Crippen LogP contribution in [0.25, 0.3) is 0 Å². The quantitative estimate of drug-likeness (QED) is 0.665. The molecule has 0 saturated heterocycles. The largest absolute Gasteiger partial charge is 0.465 e. The average molecular weight is 298 g/mol. The summed E-state index contributed by atoms with van der Waals surface area (Å²) < 4.78 is 5.32. The highest BCUT2D eigenvalue weighted by Crippen LogP contribution is 2.38. The highest BCUT2D eigenvalue weighted by molar-refractivity contribution is 5.81. The second-order valence-corrected chi connectivity index (χ2v) is 6.81. The Morgan fingerprint density at radius 1 is 1.43 bits per heavy atom. The van der Waals surface area contributed by atoms with Gasteiger partial charge in [0.25, 0.3) is 0 Å². The molecule has 0 aromatic carbocycles. The minimum Gasteiger partial charge on any atom is -0.465 e. The summed E-state index contributed by atoms with van der Waals surface area (Å²) in [5.74, 6) is 1.08. The van der Waals surface area contributed by atoms with Crippen molar-refractivity contribution >= 4 is 5.97 Å². The smallest absolute Gasteiger partial charge is 0.326 e. The third kappa shape index (κ3) is 4.96. The second-order valence-electron chi connectivity index (χ2n) is 6.81. The van der Waals surface area contributed by atoms with Crippen LogP contribution in [0.2, 0.25) is 0 Å². The summed E-state index contributed by atoms with van der Waals surface area (Å²) in [7, 11) is 4.08. The molecule has 0 aliphatic heterocycles. The fourth-order valence-electron chi connectivity index (χ4n) is 3.39. The zero-order chi connectivity index (χ0) is 15.9. The van der Waals surface area contributed by atoms with Gasteiger partial charge in [0.05, 0.1) is 6.61 Å². The summed E-state index contributed by atoms with van der Waals surface area (Å²) in [5.41, 5.74) is -0.450. The van der Waals surface area contributed by atoms with Crippen LogP contribution >= 0.6 is 0 Å². The van der Waals surface area contributed by atoms with Crippen LogP contribution in [0.3, 0.4) is 0 Å². The van der Waals surface area contributed by atoms with Gasteiger partial charge in [-0.25, -0.2) is 0 Å². The molecule has 124 valence electrons. The summed E-state index contributed by atoms with van der Waals surface area (Å²) >= 11 is 0. The first-order valence-electron chi connectivity index (χ1n) is 8.51. The highest BCUT2D eigenvalue weighted by atomic mass is 16.5. The Morgan fingerprint density at radius 3 is 2.71 bits per heavy atom. The Bertz CT molecular complexity index is 320. The van der Waals surface area contributed by atoms with Crippen LogP contribution in [0.15, 0.2) is 0 Å². The molecule has 1 rings (SSSR count). The molecule has 0 spiro atoms. The van der Waals surface area contributed by atoms with Crippen molar-refractivity contribution < 1.29 is 9.53 Å². The van der Waals surface area contributed by atoms with E-state index in [2.05, 4.69) is 31.1 Å². The van der Waals surface area contributed by atoms with Gasteiger partial charge in [-0.05, 0) is 71.6 Å². The third-order valence-corrected chi connectivity index (χ3v) is 4.85. The first kappa shape index (κ1) is 18.4. The Kier molecular flexibility index (Phi) is 7.67. The lowest BCUT2D eigenvalue weighted by Gasteiger charge is -2.33. The Labute approximate surface area is 130 Å². The predicted molar refractivity (Wildman–Crippen MR) is 87.3 cm³/mol. The molecule has 0 aromatic heterocycles. The van der Waals surface area contributed by atoms with E-state index in [0.717, 1.165) is 44.7 Å². The zero-order valence-electron chi connectivity index (χ0n) is 14.6. The lowest BCUT2D eigenvalue weighted by molar-refractivity contribution is -0.153. The van der Waals surface area contributed by atoms with E-state index in [0.29, 0.717) is 12.5 Å². The van der Waals surface area contributed by atoms with Crippen molar-refractivity contribution in [2.45, 2.75) is 58.4 Å². The molecule has 1 saturated carbocycles. The standard InChI is InChI=1S/C17H34N2O2/c1-6-21-16(20)17(18-4)11-7-8-15(17)10-13-19(5)12-9-14(2)3/h14-15,18H,6-13H2,1-5H3. The first-order chi connectivity index (χ1) is 9.96. The number of nitrogens with zero attached hydrogens (tertiary/aromatic N) is 1. The maximum absolute atomic E-state index is 12.4. The molecule has 1 aliphatic carbocycles. The number of carbonyl (C=O) groups is 1. The summed E-state index contributed by atoms with van der Waals surface area (Å²) in [6.45, 7) is 9.06. The normalized spacial score (nSPS) is 25.8. The number of rotatable bonds is 9. The monoisotopic (exact) mass is 298 g/mol. The molecular formula is C17H34N2O2. The molecule has 0 heterocycles. The summed E-state index contributed by atoms with van der Waals surface area (Å²) in [4.78, 5) is 14.8. The lowest BCUT2D eigenvalue weighted by Crippen LogP contribution is -2.54. The van der Waals surface area contributed by atoms with Crippen molar-refractivity contribution in [2.24, 2.45) is 11.8 Å². The zero-order valence-corrected chi connectivity index (χ0v) is 14.6. The van der Waals surface area contributed by atoms with Crippen molar-refractivity contribution in [1.29, 1.82) is 0 Å². The van der Waals surface area contributed by atoms with E-state index < -0.39 is 5.54 Å². The van der Waals surface area contributed by atoms with Crippen molar-refractivity contribution in [3.8, 4) is 0 Å². The molecule has 1 fully saturated rings. The van der Waals surface area contributed by atoms with Gasteiger partial charge in [-0.2, -0.15) is 0 Å². The predicted octanol–water partition coefficient (Wildman–Crippen LogP) is 2.68. The van der Waals surface area contributed by atoms with E-state index in [1.807, 2.05) is 14.0 Å². The van der Waals surface area contributed by atoms with Crippen LogP contribution in [0.1, 0.15) is 52.9 Å². The van der Waals surface area contributed by atoms with E-state index in [4.69, 9.17) is 4.74 Å². The number of carbonyl (C=O) groups excluding carboxylic acids is 1. The van der Waals surface area contributed by atoms with Crippen molar-refractivity contribution in [3.05, 3.63) is 0 Å². The van der Waals surface area contributed by atoms with Crippen LogP contribution in [0, 0.1) is 11.8 Å². The molecule has 1 N–H and O–H groups in total. The van der Waals surface area contributed by atoms with Crippen molar-refractivity contribution in [1.82, 2.24) is 10.2 Å². The number of hydrogen-bond donors (Lipinski definition) is 1. The van der Waals surface area contributed by atoms with Gasteiger partial charge in [0.1, 0.15) is 5.54 Å². The maximum atomic E-state index is 12.4. The van der Waals surface area contributed by atoms with Gasteiger partial charge < -0.3 is 15.0 Å². The van der Waals surface area contributed by atoms with Gasteiger partial charge >= 0.3 is 5.97 Å². The molecular weight excluding hydrogens is 264 g/mol. The third-order valence-electron chi connectivity index (χ3n) is 4.85. The topological polar surface area (TPSA) is 41.6 Å². The van der Waals surface area contributed by atoms with E-state index in [-0.39, 0.29) is 5.97 Å². The fraction of sp³-hybridized carbons (Fsp3) is 0.941.